The van der Waals surface area contributed by atoms with E-state index in [-0.39, 0.29) is 11.3 Å². The van der Waals surface area contributed by atoms with E-state index in [4.69, 9.17) is 0 Å². The van der Waals surface area contributed by atoms with E-state index >= 15 is 0 Å². The summed E-state index contributed by atoms with van der Waals surface area (Å²) >= 11 is 0. The highest BCUT2D eigenvalue weighted by molar-refractivity contribution is 5.95. The third-order valence-electron chi connectivity index (χ3n) is 2.91. The van der Waals surface area contributed by atoms with E-state index in [1.807, 2.05) is 0 Å². The van der Waals surface area contributed by atoms with Crippen LogP contribution in [0, 0.1) is 11.6 Å². The van der Waals surface area contributed by atoms with Crippen molar-refractivity contribution in [3.63, 3.8) is 0 Å². The van der Waals surface area contributed by atoms with Crippen LogP contribution in [0.15, 0.2) is 42.5 Å². The molecule has 0 unspecified atom stereocenters. The van der Waals surface area contributed by atoms with Gasteiger partial charge in [0.1, 0.15) is 11.6 Å². The number of hydrogen-bond donors (Lipinski definition) is 1. The summed E-state index contributed by atoms with van der Waals surface area (Å²) in [6, 6.07) is 5.77. The van der Waals surface area contributed by atoms with E-state index < -0.39 is 41.9 Å². The van der Waals surface area contributed by atoms with Gasteiger partial charge in [-0.2, -0.15) is 13.2 Å². The van der Waals surface area contributed by atoms with Crippen LogP contribution < -0.4 is 5.32 Å². The molecule has 2 aromatic carbocycles. The quantitative estimate of drug-likeness (QED) is 0.668. The van der Waals surface area contributed by atoms with Crippen molar-refractivity contribution in [1.82, 2.24) is 0 Å². The lowest BCUT2D eigenvalue weighted by molar-refractivity contribution is -0.137. The van der Waals surface area contributed by atoms with Crippen LogP contribution in [0.4, 0.5) is 27.6 Å². The molecule has 0 aromatic heterocycles. The maximum absolute atomic E-state index is 13.0. The van der Waals surface area contributed by atoms with Gasteiger partial charge in [-0.3, -0.25) is 4.79 Å². The fourth-order valence-electron chi connectivity index (χ4n) is 1.86. The van der Waals surface area contributed by atoms with Crippen molar-refractivity contribution in [1.29, 1.82) is 0 Å². The standard InChI is InChI=1S/C16H10F5NO3/c17-11-5-12(18)7-13(6-11)22-14(23)8-25-15(24)9-2-1-3-10(4-9)16(19,20)21/h1-7H,8H2,(H,22,23). The molecule has 0 aliphatic rings. The van der Waals surface area contributed by atoms with Gasteiger partial charge in [-0.15, -0.1) is 0 Å². The second-order valence-electron chi connectivity index (χ2n) is 4.86. The summed E-state index contributed by atoms with van der Waals surface area (Å²) in [6.45, 7) is -0.840. The fraction of sp³-hybridized carbons (Fsp3) is 0.125. The zero-order chi connectivity index (χ0) is 18.6. The SMILES string of the molecule is O=C(COC(=O)c1cccc(C(F)(F)F)c1)Nc1cc(F)cc(F)c1. The number of rotatable bonds is 4. The summed E-state index contributed by atoms with van der Waals surface area (Å²) in [6.07, 6.45) is -4.63. The molecule has 4 nitrogen and oxygen atoms in total. The first-order valence-corrected chi connectivity index (χ1v) is 6.75. The second kappa shape index (κ2) is 7.29. The third-order valence-corrected chi connectivity index (χ3v) is 2.91. The third kappa shape index (κ3) is 5.27. The molecule has 0 fully saturated rings. The van der Waals surface area contributed by atoms with Crippen LogP contribution in [-0.2, 0) is 15.7 Å². The van der Waals surface area contributed by atoms with Crippen LogP contribution in [0.25, 0.3) is 0 Å². The van der Waals surface area contributed by atoms with E-state index in [0.717, 1.165) is 30.3 Å². The zero-order valence-electron chi connectivity index (χ0n) is 12.4. The molecule has 0 radical (unpaired) electrons. The van der Waals surface area contributed by atoms with Gasteiger partial charge in [0.25, 0.3) is 5.91 Å². The first kappa shape index (κ1) is 18.4. The van der Waals surface area contributed by atoms with Crippen molar-refractivity contribution < 1.29 is 36.3 Å². The molecule has 0 bridgehead atoms. The van der Waals surface area contributed by atoms with Crippen molar-refractivity contribution in [2.75, 3.05) is 11.9 Å². The minimum Gasteiger partial charge on any atom is -0.452 e. The van der Waals surface area contributed by atoms with Gasteiger partial charge in [-0.25, -0.2) is 13.6 Å². The number of anilines is 1. The number of halogens is 5. The van der Waals surface area contributed by atoms with Crippen molar-refractivity contribution >= 4 is 17.6 Å². The summed E-state index contributed by atoms with van der Waals surface area (Å²) in [5.74, 6) is -3.90. The average Bonchev–Trinajstić information content (AvgIpc) is 2.51. The molecule has 0 saturated carbocycles. The monoisotopic (exact) mass is 359 g/mol. The van der Waals surface area contributed by atoms with Crippen LogP contribution in [0.5, 0.6) is 0 Å². The van der Waals surface area contributed by atoms with Crippen molar-refractivity contribution in [3.8, 4) is 0 Å². The Balaban J connectivity index is 1.96. The number of hydrogen-bond acceptors (Lipinski definition) is 3. The van der Waals surface area contributed by atoms with Gasteiger partial charge in [0.05, 0.1) is 11.1 Å². The summed E-state index contributed by atoms with van der Waals surface area (Å²) in [5, 5.41) is 2.09. The topological polar surface area (TPSA) is 55.4 Å². The lowest BCUT2D eigenvalue weighted by Crippen LogP contribution is -2.21. The number of amides is 1. The van der Waals surface area contributed by atoms with Gasteiger partial charge in [0, 0.05) is 11.8 Å². The number of nitrogens with one attached hydrogen (secondary N) is 1. The van der Waals surface area contributed by atoms with Crippen LogP contribution in [0.3, 0.4) is 0 Å². The van der Waals surface area contributed by atoms with Crippen molar-refractivity contribution in [2.45, 2.75) is 6.18 Å². The Kier molecular flexibility index (Phi) is 5.35. The van der Waals surface area contributed by atoms with Gasteiger partial charge >= 0.3 is 12.1 Å². The van der Waals surface area contributed by atoms with E-state index in [2.05, 4.69) is 10.1 Å². The number of ether oxygens (including phenoxy) is 1. The molecule has 132 valence electrons. The molecule has 0 aliphatic heterocycles. The van der Waals surface area contributed by atoms with Gasteiger partial charge < -0.3 is 10.1 Å². The lowest BCUT2D eigenvalue weighted by atomic mass is 10.1. The maximum Gasteiger partial charge on any atom is 0.416 e. The number of esters is 1. The number of carbonyl (C=O) groups excluding carboxylic acids is 2. The predicted octanol–water partition coefficient (Wildman–Crippen LogP) is 3.78. The molecule has 9 heteroatoms. The fourth-order valence-corrected chi connectivity index (χ4v) is 1.86. The van der Waals surface area contributed by atoms with Crippen LogP contribution in [0.2, 0.25) is 0 Å². The van der Waals surface area contributed by atoms with Crippen LogP contribution in [0.1, 0.15) is 15.9 Å². The highest BCUT2D eigenvalue weighted by Crippen LogP contribution is 2.29. The highest BCUT2D eigenvalue weighted by atomic mass is 19.4. The molecule has 2 rings (SSSR count). The summed E-state index contributed by atoms with van der Waals surface area (Å²) in [5.41, 5.74) is -1.63. The molecule has 25 heavy (non-hydrogen) atoms. The lowest BCUT2D eigenvalue weighted by Gasteiger charge is -2.09. The number of benzene rings is 2. The Labute approximate surface area is 138 Å². The Bertz CT molecular complexity index is 784. The molecule has 0 heterocycles. The molecule has 0 aliphatic carbocycles. The van der Waals surface area contributed by atoms with E-state index in [9.17, 15) is 31.5 Å². The smallest absolute Gasteiger partial charge is 0.416 e. The molecule has 2 aromatic rings. The van der Waals surface area contributed by atoms with Gasteiger partial charge in [0.2, 0.25) is 0 Å². The predicted molar refractivity (Wildman–Crippen MR) is 76.7 cm³/mol. The normalized spacial score (nSPS) is 11.1. The molecule has 0 atom stereocenters. The Morgan fingerprint density at radius 3 is 2.24 bits per heavy atom. The first-order chi connectivity index (χ1) is 11.6. The average molecular weight is 359 g/mol. The maximum atomic E-state index is 13.0. The minimum atomic E-state index is -4.63. The van der Waals surface area contributed by atoms with Gasteiger partial charge in [0.15, 0.2) is 6.61 Å². The second-order valence-corrected chi connectivity index (χ2v) is 4.86. The molecular weight excluding hydrogens is 349 g/mol. The number of carbonyl (C=O) groups is 2. The molecule has 1 amide bonds. The Morgan fingerprint density at radius 1 is 1.00 bits per heavy atom. The molecule has 0 spiro atoms. The zero-order valence-corrected chi connectivity index (χ0v) is 12.4. The van der Waals surface area contributed by atoms with Crippen LogP contribution >= 0.6 is 0 Å². The van der Waals surface area contributed by atoms with Crippen molar-refractivity contribution in [2.24, 2.45) is 0 Å². The van der Waals surface area contributed by atoms with Gasteiger partial charge in [-0.1, -0.05) is 6.07 Å². The molecule has 0 saturated heterocycles. The summed E-state index contributed by atoms with van der Waals surface area (Å²) in [7, 11) is 0. The van der Waals surface area contributed by atoms with Gasteiger partial charge in [-0.05, 0) is 30.3 Å². The molecule has 1 N–H and O–H groups in total. The van der Waals surface area contributed by atoms with Crippen LogP contribution in [-0.4, -0.2) is 18.5 Å². The largest absolute Gasteiger partial charge is 0.452 e. The van der Waals surface area contributed by atoms with E-state index in [1.54, 1.807) is 0 Å². The Morgan fingerprint density at radius 2 is 1.64 bits per heavy atom. The summed E-state index contributed by atoms with van der Waals surface area (Å²) in [4.78, 5) is 23.3. The highest BCUT2D eigenvalue weighted by Gasteiger charge is 2.31. The first-order valence-electron chi connectivity index (χ1n) is 6.75. The Hall–Kier alpha value is -2.97. The minimum absolute atomic E-state index is 0.197. The van der Waals surface area contributed by atoms with E-state index in [1.165, 1.54) is 0 Å². The number of alkyl halides is 3. The molecular formula is C16H10F5NO3. The summed E-state index contributed by atoms with van der Waals surface area (Å²) < 4.78 is 68.3. The van der Waals surface area contributed by atoms with Crippen molar-refractivity contribution in [3.05, 3.63) is 65.2 Å². The van der Waals surface area contributed by atoms with E-state index in [0.29, 0.717) is 12.1 Å².